The van der Waals surface area contributed by atoms with Crippen LogP contribution in [0, 0.1) is 5.92 Å². The van der Waals surface area contributed by atoms with Crippen LogP contribution in [-0.4, -0.2) is 48.7 Å². The summed E-state index contributed by atoms with van der Waals surface area (Å²) in [7, 11) is 0. The zero-order valence-electron chi connectivity index (χ0n) is 16.8. The summed E-state index contributed by atoms with van der Waals surface area (Å²) in [6, 6.07) is 8.97. The molecule has 7 nitrogen and oxygen atoms in total. The third-order valence-electron chi connectivity index (χ3n) is 4.65. The van der Waals surface area contributed by atoms with Crippen LogP contribution < -0.4 is 5.32 Å². The number of hydrogen-bond acceptors (Lipinski definition) is 5. The quantitative estimate of drug-likeness (QED) is 0.724. The van der Waals surface area contributed by atoms with E-state index < -0.39 is 6.04 Å². The Morgan fingerprint density at radius 2 is 1.79 bits per heavy atom. The minimum Gasteiger partial charge on any atom is -0.463 e. The number of nitrogens with zero attached hydrogens (tertiary/aromatic N) is 1. The molecule has 1 unspecified atom stereocenters. The Bertz CT molecular complexity index is 654. The lowest BCUT2D eigenvalue weighted by Crippen LogP contribution is -2.44. The highest BCUT2D eigenvalue weighted by Gasteiger charge is 2.30. The van der Waals surface area contributed by atoms with E-state index >= 15 is 0 Å². The maximum absolute atomic E-state index is 12.8. The molecule has 0 saturated carbocycles. The van der Waals surface area contributed by atoms with Crippen molar-refractivity contribution in [3.05, 3.63) is 35.9 Å². The van der Waals surface area contributed by atoms with Gasteiger partial charge in [0.1, 0.15) is 0 Å². The van der Waals surface area contributed by atoms with Gasteiger partial charge >= 0.3 is 12.1 Å². The molecule has 1 aliphatic heterocycles. The number of benzene rings is 1. The molecule has 1 saturated heterocycles. The maximum atomic E-state index is 12.8. The Balaban J connectivity index is 1.97. The average Bonchev–Trinajstić information content (AvgIpc) is 2.67. The molecule has 28 heavy (non-hydrogen) atoms. The summed E-state index contributed by atoms with van der Waals surface area (Å²) < 4.78 is 10.3. The van der Waals surface area contributed by atoms with Gasteiger partial charge in [-0.1, -0.05) is 30.3 Å². The fourth-order valence-corrected chi connectivity index (χ4v) is 3.24. The fraction of sp³-hybridized carbons (Fsp3) is 0.571. The molecule has 1 heterocycles. The van der Waals surface area contributed by atoms with Crippen LogP contribution in [0.2, 0.25) is 0 Å². The maximum Gasteiger partial charge on any atom is 0.409 e. The SMILES string of the molecule is CCOC(=O)N1CCC(C(=O)NC(CC(=O)OC(C)C)c2ccccc2)CC1. The number of hydrogen-bond donors (Lipinski definition) is 1. The zero-order valence-corrected chi connectivity index (χ0v) is 16.8. The molecule has 7 heteroatoms. The second-order valence-corrected chi connectivity index (χ2v) is 7.17. The van der Waals surface area contributed by atoms with Gasteiger partial charge in [-0.3, -0.25) is 9.59 Å². The molecular weight excluding hydrogens is 360 g/mol. The molecule has 2 rings (SSSR count). The lowest BCUT2D eigenvalue weighted by molar-refractivity contribution is -0.148. The molecule has 1 aliphatic rings. The Morgan fingerprint density at radius 3 is 2.36 bits per heavy atom. The van der Waals surface area contributed by atoms with Gasteiger partial charge in [-0.2, -0.15) is 0 Å². The Morgan fingerprint density at radius 1 is 1.14 bits per heavy atom. The summed E-state index contributed by atoms with van der Waals surface area (Å²) in [4.78, 5) is 38.4. The largest absolute Gasteiger partial charge is 0.463 e. The number of likely N-dealkylation sites (tertiary alicyclic amines) is 1. The number of esters is 1. The number of carbonyl (C=O) groups excluding carboxylic acids is 3. The first-order valence-electron chi connectivity index (χ1n) is 9.87. The van der Waals surface area contributed by atoms with Crippen LogP contribution in [0.4, 0.5) is 4.79 Å². The molecule has 1 fully saturated rings. The second-order valence-electron chi connectivity index (χ2n) is 7.17. The minimum absolute atomic E-state index is 0.0790. The smallest absolute Gasteiger partial charge is 0.409 e. The van der Waals surface area contributed by atoms with Crippen molar-refractivity contribution in [1.29, 1.82) is 0 Å². The third-order valence-corrected chi connectivity index (χ3v) is 4.65. The summed E-state index contributed by atoms with van der Waals surface area (Å²) in [6.45, 7) is 6.68. The molecule has 1 atom stereocenters. The standard InChI is InChI=1S/C21H30N2O5/c1-4-27-21(26)23-12-10-17(11-13-23)20(25)22-18(14-19(24)28-15(2)3)16-8-6-5-7-9-16/h5-9,15,17-18H,4,10-14H2,1-3H3,(H,22,25). The normalized spacial score (nSPS) is 15.8. The molecule has 0 spiro atoms. The number of carbonyl (C=O) groups is 3. The molecule has 1 aromatic carbocycles. The molecule has 0 aromatic heterocycles. The van der Waals surface area contributed by atoms with Crippen LogP contribution >= 0.6 is 0 Å². The minimum atomic E-state index is -0.442. The van der Waals surface area contributed by atoms with Crippen molar-refractivity contribution in [3.63, 3.8) is 0 Å². The molecule has 1 N–H and O–H groups in total. The van der Waals surface area contributed by atoms with Gasteiger partial charge in [0, 0.05) is 19.0 Å². The Kier molecular flexibility index (Phi) is 8.29. The predicted molar refractivity (Wildman–Crippen MR) is 104 cm³/mol. The molecule has 154 valence electrons. The predicted octanol–water partition coefficient (Wildman–Crippen LogP) is 3.05. The number of amides is 2. The highest BCUT2D eigenvalue weighted by atomic mass is 16.6. The molecule has 0 bridgehead atoms. The van der Waals surface area contributed by atoms with Gasteiger partial charge in [0.2, 0.25) is 5.91 Å². The average molecular weight is 390 g/mol. The summed E-state index contributed by atoms with van der Waals surface area (Å²) in [5, 5.41) is 3.00. The second kappa shape index (κ2) is 10.7. The molecule has 1 aromatic rings. The first-order chi connectivity index (χ1) is 13.4. The lowest BCUT2D eigenvalue weighted by atomic mass is 9.94. The third kappa shape index (κ3) is 6.55. The van der Waals surface area contributed by atoms with Gasteiger partial charge in [-0.25, -0.2) is 4.79 Å². The van der Waals surface area contributed by atoms with E-state index in [-0.39, 0.29) is 36.4 Å². The van der Waals surface area contributed by atoms with Gasteiger partial charge in [0.15, 0.2) is 0 Å². The summed E-state index contributed by atoms with van der Waals surface area (Å²) in [5.74, 6) is -0.644. The zero-order chi connectivity index (χ0) is 20.5. The van der Waals surface area contributed by atoms with Gasteiger partial charge in [0.25, 0.3) is 0 Å². The van der Waals surface area contributed by atoms with E-state index in [1.807, 2.05) is 30.3 Å². The van der Waals surface area contributed by atoms with E-state index in [2.05, 4.69) is 5.32 Å². The monoisotopic (exact) mass is 390 g/mol. The highest BCUT2D eigenvalue weighted by Crippen LogP contribution is 2.22. The number of piperidine rings is 1. The van der Waals surface area contributed by atoms with Crippen molar-refractivity contribution in [2.45, 2.75) is 52.2 Å². The van der Waals surface area contributed by atoms with E-state index in [0.29, 0.717) is 32.5 Å². The molecule has 0 radical (unpaired) electrons. The van der Waals surface area contributed by atoms with Gasteiger partial charge in [-0.05, 0) is 39.2 Å². The van der Waals surface area contributed by atoms with Crippen molar-refractivity contribution in [2.24, 2.45) is 5.92 Å². The summed E-state index contributed by atoms with van der Waals surface area (Å²) >= 11 is 0. The van der Waals surface area contributed by atoms with Crippen molar-refractivity contribution in [2.75, 3.05) is 19.7 Å². The lowest BCUT2D eigenvalue weighted by Gasteiger charge is -2.31. The van der Waals surface area contributed by atoms with Gasteiger partial charge in [-0.15, -0.1) is 0 Å². The Hall–Kier alpha value is -2.57. The fourth-order valence-electron chi connectivity index (χ4n) is 3.24. The van der Waals surface area contributed by atoms with E-state index in [1.54, 1.807) is 25.7 Å². The summed E-state index contributed by atoms with van der Waals surface area (Å²) in [5.41, 5.74) is 0.862. The number of ether oxygens (including phenoxy) is 2. The number of nitrogens with one attached hydrogen (secondary N) is 1. The van der Waals surface area contributed by atoms with Crippen molar-refractivity contribution >= 4 is 18.0 Å². The van der Waals surface area contributed by atoms with Crippen LogP contribution in [0.15, 0.2) is 30.3 Å². The number of rotatable bonds is 7. The van der Waals surface area contributed by atoms with Crippen LogP contribution in [-0.2, 0) is 19.1 Å². The summed E-state index contributed by atoms with van der Waals surface area (Å²) in [6.07, 6.45) is 0.688. The van der Waals surface area contributed by atoms with Crippen LogP contribution in [0.1, 0.15) is 51.6 Å². The first kappa shape index (κ1) is 21.7. The van der Waals surface area contributed by atoms with Crippen LogP contribution in [0.25, 0.3) is 0 Å². The Labute approximate surface area is 166 Å². The highest BCUT2D eigenvalue weighted by molar-refractivity contribution is 5.80. The molecular formula is C21H30N2O5. The van der Waals surface area contributed by atoms with Crippen LogP contribution in [0.5, 0.6) is 0 Å². The van der Waals surface area contributed by atoms with Crippen molar-refractivity contribution < 1.29 is 23.9 Å². The van der Waals surface area contributed by atoms with Crippen LogP contribution in [0.3, 0.4) is 0 Å². The van der Waals surface area contributed by atoms with Crippen molar-refractivity contribution in [3.8, 4) is 0 Å². The van der Waals surface area contributed by atoms with Gasteiger partial charge < -0.3 is 19.7 Å². The van der Waals surface area contributed by atoms with E-state index in [9.17, 15) is 14.4 Å². The van der Waals surface area contributed by atoms with E-state index in [1.165, 1.54) is 0 Å². The molecule has 2 amide bonds. The van der Waals surface area contributed by atoms with Crippen molar-refractivity contribution in [1.82, 2.24) is 10.2 Å². The molecule has 0 aliphatic carbocycles. The van der Waals surface area contributed by atoms with E-state index in [4.69, 9.17) is 9.47 Å². The first-order valence-corrected chi connectivity index (χ1v) is 9.87. The van der Waals surface area contributed by atoms with Gasteiger partial charge in [0.05, 0.1) is 25.2 Å². The topological polar surface area (TPSA) is 84.9 Å². The van der Waals surface area contributed by atoms with E-state index in [0.717, 1.165) is 5.56 Å².